The van der Waals surface area contributed by atoms with Crippen LogP contribution in [-0.2, 0) is 6.54 Å². The molecule has 0 saturated heterocycles. The predicted octanol–water partition coefficient (Wildman–Crippen LogP) is 3.97. The van der Waals surface area contributed by atoms with Gasteiger partial charge in [-0.2, -0.15) is 0 Å². The van der Waals surface area contributed by atoms with Gasteiger partial charge in [0.1, 0.15) is 5.82 Å². The second-order valence-electron chi connectivity index (χ2n) is 6.46. The van der Waals surface area contributed by atoms with Crippen molar-refractivity contribution in [2.75, 3.05) is 18.5 Å². The molecule has 0 atom stereocenters. The molecule has 0 aromatic carbocycles. The van der Waals surface area contributed by atoms with Crippen molar-refractivity contribution in [1.82, 2.24) is 10.3 Å². The van der Waals surface area contributed by atoms with Crippen LogP contribution in [0.1, 0.15) is 62.3 Å². The van der Waals surface area contributed by atoms with Crippen molar-refractivity contribution in [3.05, 3.63) is 22.9 Å². The number of aryl methyl sites for hydroxylation is 2. The first-order valence-corrected chi connectivity index (χ1v) is 8.54. The van der Waals surface area contributed by atoms with Gasteiger partial charge in [0.05, 0.1) is 0 Å². The zero-order valence-corrected chi connectivity index (χ0v) is 14.2. The fraction of sp³-hybridized carbons (Fsp3) is 0.722. The molecule has 118 valence electrons. The Bertz CT molecular complexity index is 450. The minimum Gasteiger partial charge on any atom is -0.356 e. The van der Waals surface area contributed by atoms with Gasteiger partial charge in [-0.1, -0.05) is 26.2 Å². The van der Waals surface area contributed by atoms with Gasteiger partial charge in [-0.15, -0.1) is 0 Å². The molecule has 2 rings (SSSR count). The SMILES string of the molecule is CCCNCc1c(C)cc(C)nc1N(C)C1CCCCC1. The first-order chi connectivity index (χ1) is 10.1. The zero-order valence-electron chi connectivity index (χ0n) is 14.2. The van der Waals surface area contributed by atoms with Crippen LogP contribution in [0.5, 0.6) is 0 Å². The first-order valence-electron chi connectivity index (χ1n) is 8.54. The largest absolute Gasteiger partial charge is 0.356 e. The van der Waals surface area contributed by atoms with Crippen LogP contribution < -0.4 is 10.2 Å². The van der Waals surface area contributed by atoms with Crippen molar-refractivity contribution >= 4 is 5.82 Å². The number of aromatic nitrogens is 1. The molecule has 1 fully saturated rings. The molecule has 3 heteroatoms. The molecule has 0 unspecified atom stereocenters. The third-order valence-electron chi connectivity index (χ3n) is 4.64. The van der Waals surface area contributed by atoms with Crippen LogP contribution in [0.4, 0.5) is 5.82 Å². The summed E-state index contributed by atoms with van der Waals surface area (Å²) in [6, 6.07) is 2.87. The molecule has 1 aliphatic carbocycles. The van der Waals surface area contributed by atoms with Gasteiger partial charge in [0.25, 0.3) is 0 Å². The molecule has 0 radical (unpaired) electrons. The normalized spacial score (nSPS) is 16.2. The molecule has 1 aromatic rings. The lowest BCUT2D eigenvalue weighted by molar-refractivity contribution is 0.425. The number of pyridine rings is 1. The lowest BCUT2D eigenvalue weighted by atomic mass is 9.94. The Balaban J connectivity index is 2.22. The van der Waals surface area contributed by atoms with E-state index in [1.54, 1.807) is 0 Å². The number of hydrogen-bond acceptors (Lipinski definition) is 3. The van der Waals surface area contributed by atoms with Crippen LogP contribution in [0, 0.1) is 13.8 Å². The number of anilines is 1. The molecule has 0 amide bonds. The van der Waals surface area contributed by atoms with Gasteiger partial charge in [-0.05, 0) is 51.3 Å². The highest BCUT2D eigenvalue weighted by Gasteiger charge is 2.22. The Hall–Kier alpha value is -1.09. The average molecular weight is 289 g/mol. The summed E-state index contributed by atoms with van der Waals surface area (Å²) in [5, 5.41) is 3.54. The minimum atomic E-state index is 0.664. The fourth-order valence-electron chi connectivity index (χ4n) is 3.39. The Kier molecular flexibility index (Phi) is 6.04. The molecule has 0 aliphatic heterocycles. The van der Waals surface area contributed by atoms with Crippen LogP contribution in [0.25, 0.3) is 0 Å². The van der Waals surface area contributed by atoms with E-state index in [0.29, 0.717) is 6.04 Å². The van der Waals surface area contributed by atoms with Gasteiger partial charge in [0.15, 0.2) is 0 Å². The summed E-state index contributed by atoms with van der Waals surface area (Å²) in [5.74, 6) is 1.20. The molecule has 1 N–H and O–H groups in total. The highest BCUT2D eigenvalue weighted by atomic mass is 15.2. The Labute approximate surface area is 130 Å². The molecule has 1 saturated carbocycles. The Morgan fingerprint density at radius 2 is 1.95 bits per heavy atom. The summed E-state index contributed by atoms with van der Waals surface area (Å²) < 4.78 is 0. The monoisotopic (exact) mass is 289 g/mol. The van der Waals surface area contributed by atoms with Crippen LogP contribution in [0.2, 0.25) is 0 Å². The number of nitrogens with one attached hydrogen (secondary N) is 1. The van der Waals surface area contributed by atoms with Gasteiger partial charge < -0.3 is 10.2 Å². The molecule has 0 bridgehead atoms. The summed E-state index contributed by atoms with van der Waals surface area (Å²) in [4.78, 5) is 7.32. The molecule has 3 nitrogen and oxygen atoms in total. The summed E-state index contributed by atoms with van der Waals surface area (Å²) >= 11 is 0. The predicted molar refractivity (Wildman–Crippen MR) is 91.0 cm³/mol. The van der Waals surface area contributed by atoms with E-state index >= 15 is 0 Å². The van der Waals surface area contributed by atoms with E-state index in [0.717, 1.165) is 18.8 Å². The Morgan fingerprint density at radius 1 is 1.24 bits per heavy atom. The van der Waals surface area contributed by atoms with E-state index in [1.165, 1.54) is 55.5 Å². The van der Waals surface area contributed by atoms with E-state index in [9.17, 15) is 0 Å². The summed E-state index contributed by atoms with van der Waals surface area (Å²) in [6.45, 7) is 8.53. The average Bonchev–Trinajstić information content (AvgIpc) is 2.49. The van der Waals surface area contributed by atoms with Gasteiger partial charge in [0, 0.05) is 30.9 Å². The van der Waals surface area contributed by atoms with Gasteiger partial charge >= 0.3 is 0 Å². The molecular weight excluding hydrogens is 258 g/mol. The maximum Gasteiger partial charge on any atom is 0.133 e. The van der Waals surface area contributed by atoms with Crippen molar-refractivity contribution in [1.29, 1.82) is 0 Å². The van der Waals surface area contributed by atoms with Crippen LogP contribution in [0.3, 0.4) is 0 Å². The number of rotatable bonds is 6. The topological polar surface area (TPSA) is 28.2 Å². The molecule has 0 spiro atoms. The lowest BCUT2D eigenvalue weighted by Crippen LogP contribution is -2.35. The molecule has 21 heavy (non-hydrogen) atoms. The summed E-state index contributed by atoms with van der Waals surface area (Å²) in [5.41, 5.74) is 3.87. The van der Waals surface area contributed by atoms with Crippen molar-refractivity contribution < 1.29 is 0 Å². The number of hydrogen-bond donors (Lipinski definition) is 1. The second kappa shape index (κ2) is 7.79. The first kappa shape index (κ1) is 16.3. The second-order valence-corrected chi connectivity index (χ2v) is 6.46. The van der Waals surface area contributed by atoms with E-state index in [1.807, 2.05) is 0 Å². The van der Waals surface area contributed by atoms with Gasteiger partial charge in [0.2, 0.25) is 0 Å². The van der Waals surface area contributed by atoms with E-state index in [4.69, 9.17) is 4.98 Å². The smallest absolute Gasteiger partial charge is 0.133 e. The highest BCUT2D eigenvalue weighted by molar-refractivity contribution is 5.52. The number of nitrogens with zero attached hydrogens (tertiary/aromatic N) is 2. The van der Waals surface area contributed by atoms with Crippen molar-refractivity contribution in [2.45, 2.75) is 71.9 Å². The van der Waals surface area contributed by atoms with Gasteiger partial charge in [-0.25, -0.2) is 4.98 Å². The third kappa shape index (κ3) is 4.19. The van der Waals surface area contributed by atoms with Crippen LogP contribution >= 0.6 is 0 Å². The summed E-state index contributed by atoms with van der Waals surface area (Å²) in [7, 11) is 2.24. The minimum absolute atomic E-state index is 0.664. The maximum atomic E-state index is 4.87. The highest BCUT2D eigenvalue weighted by Crippen LogP contribution is 2.29. The van der Waals surface area contributed by atoms with Crippen molar-refractivity contribution in [3.8, 4) is 0 Å². The van der Waals surface area contributed by atoms with E-state index in [-0.39, 0.29) is 0 Å². The Morgan fingerprint density at radius 3 is 2.62 bits per heavy atom. The van der Waals surface area contributed by atoms with Crippen LogP contribution in [-0.4, -0.2) is 24.6 Å². The molecule has 1 heterocycles. The van der Waals surface area contributed by atoms with Crippen molar-refractivity contribution in [2.24, 2.45) is 0 Å². The standard InChI is InChI=1S/C18H31N3/c1-5-11-19-13-17-14(2)12-15(3)20-18(17)21(4)16-9-7-6-8-10-16/h12,16,19H,5-11,13H2,1-4H3. The summed E-state index contributed by atoms with van der Waals surface area (Å²) in [6.07, 6.45) is 7.92. The maximum absolute atomic E-state index is 4.87. The van der Waals surface area contributed by atoms with Crippen LogP contribution in [0.15, 0.2) is 6.07 Å². The van der Waals surface area contributed by atoms with E-state index in [2.05, 4.69) is 44.1 Å². The molecular formula is C18H31N3. The van der Waals surface area contributed by atoms with E-state index < -0.39 is 0 Å². The quantitative estimate of drug-likeness (QED) is 0.803. The van der Waals surface area contributed by atoms with Crippen molar-refractivity contribution in [3.63, 3.8) is 0 Å². The fourth-order valence-corrected chi connectivity index (χ4v) is 3.39. The van der Waals surface area contributed by atoms with Gasteiger partial charge in [-0.3, -0.25) is 0 Å². The zero-order chi connectivity index (χ0) is 15.2. The third-order valence-corrected chi connectivity index (χ3v) is 4.64. The lowest BCUT2D eigenvalue weighted by Gasteiger charge is -2.34. The molecule has 1 aromatic heterocycles. The molecule has 1 aliphatic rings.